The number of aliphatic hydroxyl groups excluding tert-OH is 6. The van der Waals surface area contributed by atoms with E-state index in [9.17, 15) is 59.0 Å². The molecule has 12 rings (SSSR count). The number of thiophene rings is 1. The number of aromatic nitrogens is 9. The van der Waals surface area contributed by atoms with Crippen LogP contribution in [0.25, 0.3) is 60.9 Å². The molecule has 0 spiro atoms. The Morgan fingerprint density at radius 3 is 1.28 bits per heavy atom. The summed E-state index contributed by atoms with van der Waals surface area (Å²) in [6.45, 7) is -1.97. The van der Waals surface area contributed by atoms with Gasteiger partial charge in [0.15, 0.2) is 18.7 Å². The molecule has 3 aliphatic heterocycles. The summed E-state index contributed by atoms with van der Waals surface area (Å²) in [6, 6.07) is 3.59. The molecule has 15 atom stereocenters. The molecule has 3 saturated heterocycles. The van der Waals surface area contributed by atoms with E-state index in [1.54, 1.807) is 24.7 Å². The second kappa shape index (κ2) is 29.1. The number of nitrogen functional groups attached to an aromatic ring is 3. The van der Waals surface area contributed by atoms with Crippen LogP contribution >= 0.6 is 34.8 Å². The van der Waals surface area contributed by atoms with Gasteiger partial charge in [-0.2, -0.15) is 11.3 Å². The Kier molecular flexibility index (Phi) is 23.8. The largest absolute Gasteiger partial charge is 1.00 e. The molecule has 4 aliphatic rings. The van der Waals surface area contributed by atoms with Crippen molar-refractivity contribution in [2.24, 2.45) is 0 Å². The van der Waals surface area contributed by atoms with Crippen LogP contribution in [0.3, 0.4) is 0 Å². The Labute approximate surface area is 560 Å². The average Bonchev–Trinajstić information content (AvgIpc) is 1.65. The number of furan rings is 1. The van der Waals surface area contributed by atoms with Crippen molar-refractivity contribution in [3.63, 3.8) is 0 Å². The van der Waals surface area contributed by atoms with E-state index < -0.39 is 117 Å². The SMILES string of the molecule is Nc1ncnc2c1c(-c1ccoc1)cn2[C@@H]1O[C@H](COP(=O)([O-])O)C(O)[C@@H]1O.Nc1ncnc2c1c(-c1ccsc1)cn2[C@@H]1O[C@H](COP(=O)([O-])O)C(O)[C@@H]1O.Nc1ncnc2c1c(C1=CC=CC1)cn2[C@@H]1O[C@H](COP(=O)([O-])O)C(O)[C@@H]1O.[Na+].[Na+].[Na+]. The van der Waals surface area contributed by atoms with Gasteiger partial charge in [0.25, 0.3) is 23.5 Å². The molecule has 34 nitrogen and oxygen atoms in total. The summed E-state index contributed by atoms with van der Waals surface area (Å²) in [7, 11) is -15.0. The quantitative estimate of drug-likeness (QED) is 0.0335. The number of phosphoric ester groups is 3. The van der Waals surface area contributed by atoms with Gasteiger partial charge in [0.2, 0.25) is 0 Å². The molecule has 0 amide bonds. The Balaban J connectivity index is 0.000000183. The standard InChI is InChI=1S/C16H19N4O7P.C15H17N4O8P.C15H17N4O7PS.3Na/c17-14-11-9(8-3-1-2-4-8)5-20(15(11)19-7-18-14)16-13(22)12(21)10(27-16)6-26-28(23,24)25;16-13-10-8(7-1-2-25-4-7)3-19(14(10)18-6-17-13)15-12(21)11(20)9(27-15)5-26-28(22,23)24;16-13-10-8(7-1-2-28-5-7)3-19(14(10)18-6-17-13)15-12(21)11(20)9(26-15)4-25-27(22,23)24;;;/h1-3,5,7,10,12-13,16,21-22H,4,6H2,(H2,17,18,19)(H2,23,24,25);1-4,6,9,11-12,15,20-21H,5H2,(H2,16,17,18)(H2,22,23,24);1-3,5-6,9,11-12,15,20-21H,4H2,(H2,16,17,18)(H2,22,23,24);;;/q;;;3*+1/p-3/t10-,12?,13+,16-;2*9-,11?,12+,15-;;;/m111.../s1. The van der Waals surface area contributed by atoms with Crippen molar-refractivity contribution in [3.05, 3.63) is 96.8 Å². The van der Waals surface area contributed by atoms with Crippen LogP contribution in [0, 0.1) is 0 Å². The Morgan fingerprint density at radius 2 is 0.943 bits per heavy atom. The molecule has 1 aliphatic carbocycles. The molecule has 15 N–H and O–H groups in total. The molecule has 41 heteroatoms. The topological polar surface area (TPSA) is 541 Å². The van der Waals surface area contributed by atoms with Crippen molar-refractivity contribution in [1.29, 1.82) is 0 Å². The van der Waals surface area contributed by atoms with Gasteiger partial charge in [-0.05, 0) is 40.5 Å². The second-order valence-electron chi connectivity index (χ2n) is 19.0. The van der Waals surface area contributed by atoms with Crippen molar-refractivity contribution >= 4 is 90.9 Å². The van der Waals surface area contributed by atoms with Crippen molar-refractivity contribution < 1.29 is 195 Å². The van der Waals surface area contributed by atoms with E-state index in [1.165, 1.54) is 56.5 Å². The maximum absolute atomic E-state index is 10.8. The number of fused-ring (bicyclic) bond motifs is 3. The van der Waals surface area contributed by atoms with Gasteiger partial charge in [0.05, 0.1) is 48.5 Å². The van der Waals surface area contributed by atoms with Gasteiger partial charge in [-0.25, -0.2) is 29.9 Å². The molecular formula is C46H50N12Na3O22P3S. The first-order valence-electron chi connectivity index (χ1n) is 24.6. The number of anilines is 3. The van der Waals surface area contributed by atoms with Crippen LogP contribution < -0.4 is 121 Å². The normalized spacial score (nSPS) is 27.0. The molecule has 11 heterocycles. The summed E-state index contributed by atoms with van der Waals surface area (Å²) >= 11 is 1.49. The molecular weight excluding hydrogens is 1270 g/mol. The summed E-state index contributed by atoms with van der Waals surface area (Å²) in [5, 5.41) is 67.4. The van der Waals surface area contributed by atoms with Gasteiger partial charge >= 0.3 is 88.7 Å². The maximum atomic E-state index is 10.8. The molecule has 0 radical (unpaired) electrons. The maximum Gasteiger partial charge on any atom is 1.00 e. The number of aliphatic hydroxyl groups is 6. The predicted octanol–water partition coefficient (Wildman–Crippen LogP) is -10.3. The Bertz CT molecular complexity index is 3720. The molecule has 87 heavy (non-hydrogen) atoms. The Hall–Kier alpha value is -3.31. The van der Waals surface area contributed by atoms with E-state index in [1.807, 2.05) is 35.1 Å². The van der Waals surface area contributed by atoms with Crippen molar-refractivity contribution in [3.8, 4) is 22.3 Å². The van der Waals surface area contributed by atoms with Gasteiger partial charge in [0.1, 0.15) is 108 Å². The van der Waals surface area contributed by atoms with Crippen LogP contribution in [0.4, 0.5) is 17.5 Å². The van der Waals surface area contributed by atoms with E-state index in [-0.39, 0.29) is 106 Å². The third-order valence-electron chi connectivity index (χ3n) is 13.7. The van der Waals surface area contributed by atoms with E-state index in [0.717, 1.165) is 22.3 Å². The van der Waals surface area contributed by atoms with Gasteiger partial charge < -0.3 is 123 Å². The molecule has 8 aromatic heterocycles. The monoisotopic (exact) mass is 1320 g/mol. The number of ether oxygens (including phenoxy) is 3. The molecule has 6 unspecified atom stereocenters. The fourth-order valence-corrected chi connectivity index (χ4v) is 11.5. The van der Waals surface area contributed by atoms with E-state index in [4.69, 9.17) is 50.5 Å². The minimum absolute atomic E-state index is 0. The van der Waals surface area contributed by atoms with Crippen LogP contribution in [0.2, 0.25) is 0 Å². The van der Waals surface area contributed by atoms with Gasteiger partial charge in [-0.1, -0.05) is 18.2 Å². The molecule has 0 aromatic carbocycles. The fraction of sp³-hybridized carbons (Fsp3) is 0.348. The average molecular weight is 1320 g/mol. The first-order chi connectivity index (χ1) is 39.8. The summed E-state index contributed by atoms with van der Waals surface area (Å²) in [5.74, 6) is 0.693. The molecule has 3 fully saturated rings. The van der Waals surface area contributed by atoms with Gasteiger partial charge in [-0.3, -0.25) is 13.7 Å². The number of phosphoric acid groups is 3. The first kappa shape index (κ1) is 71.1. The smallest absolute Gasteiger partial charge is 0.756 e. The summed E-state index contributed by atoms with van der Waals surface area (Å²) in [6.07, 6.45) is 2.81. The molecule has 0 saturated carbocycles. The van der Waals surface area contributed by atoms with E-state index in [2.05, 4.69) is 43.5 Å². The number of hydrogen-bond donors (Lipinski definition) is 12. The number of nitrogens with zero attached hydrogens (tertiary/aromatic N) is 9. The number of hydrogen-bond acceptors (Lipinski definition) is 29. The van der Waals surface area contributed by atoms with Crippen LogP contribution in [-0.2, 0) is 41.5 Å². The minimum Gasteiger partial charge on any atom is -0.756 e. The molecule has 8 aromatic rings. The van der Waals surface area contributed by atoms with Crippen molar-refractivity contribution in [2.45, 2.75) is 80.0 Å². The van der Waals surface area contributed by atoms with Gasteiger partial charge in [-0.15, -0.1) is 0 Å². The first-order valence-corrected chi connectivity index (χ1v) is 30.1. The summed E-state index contributed by atoms with van der Waals surface area (Å²) < 4.78 is 71.7. The zero-order valence-corrected chi connectivity index (χ0v) is 55.3. The van der Waals surface area contributed by atoms with Crippen molar-refractivity contribution in [1.82, 2.24) is 43.6 Å². The zero-order valence-electron chi connectivity index (χ0n) is 45.8. The summed E-state index contributed by atoms with van der Waals surface area (Å²) in [5.41, 5.74) is 23.8. The molecule has 450 valence electrons. The third-order valence-corrected chi connectivity index (χ3v) is 15.8. The minimum atomic E-state index is -5.01. The summed E-state index contributed by atoms with van der Waals surface area (Å²) in [4.78, 5) is 83.3. The Morgan fingerprint density at radius 1 is 0.563 bits per heavy atom. The van der Waals surface area contributed by atoms with E-state index >= 15 is 0 Å². The third kappa shape index (κ3) is 15.6. The van der Waals surface area contributed by atoms with Crippen LogP contribution in [0.1, 0.15) is 30.7 Å². The molecule has 0 bridgehead atoms. The number of allylic oxidation sites excluding steroid dienone is 4. The van der Waals surface area contributed by atoms with Crippen LogP contribution in [-0.4, -0.2) is 164 Å². The van der Waals surface area contributed by atoms with E-state index in [0.29, 0.717) is 50.6 Å². The van der Waals surface area contributed by atoms with Crippen molar-refractivity contribution in [2.75, 3.05) is 37.0 Å². The predicted molar refractivity (Wildman–Crippen MR) is 284 cm³/mol. The number of rotatable bonds is 15. The van der Waals surface area contributed by atoms with Gasteiger partial charge in [0, 0.05) is 40.8 Å². The zero-order chi connectivity index (χ0) is 60.2. The van der Waals surface area contributed by atoms with Crippen LogP contribution in [0.5, 0.6) is 0 Å². The fourth-order valence-electron chi connectivity index (χ4n) is 9.86. The second-order valence-corrected chi connectivity index (χ2v) is 23.4. The number of nitrogens with two attached hydrogens (primary N) is 3. The van der Waals surface area contributed by atoms with Crippen LogP contribution in [0.15, 0.2) is 95.6 Å².